The van der Waals surface area contributed by atoms with E-state index in [0.29, 0.717) is 5.02 Å². The molecule has 5 heteroatoms. The van der Waals surface area contributed by atoms with Gasteiger partial charge in [0, 0.05) is 30.1 Å². The minimum atomic E-state index is -0.671. The van der Waals surface area contributed by atoms with Gasteiger partial charge in [-0.25, -0.2) is 0 Å². The van der Waals surface area contributed by atoms with E-state index < -0.39 is 5.54 Å². The minimum absolute atomic E-state index is 0.00345. The lowest BCUT2D eigenvalue weighted by molar-refractivity contribution is -0.147. The van der Waals surface area contributed by atoms with E-state index in [0.717, 1.165) is 37.9 Å². The summed E-state index contributed by atoms with van der Waals surface area (Å²) in [7, 11) is 0. The van der Waals surface area contributed by atoms with E-state index in [-0.39, 0.29) is 17.9 Å². The first-order chi connectivity index (χ1) is 12.5. The smallest absolute Gasteiger partial charge is 0.238 e. The van der Waals surface area contributed by atoms with Crippen molar-refractivity contribution in [1.29, 1.82) is 0 Å². The maximum Gasteiger partial charge on any atom is 0.238 e. The summed E-state index contributed by atoms with van der Waals surface area (Å²) in [6.45, 7) is 1.58. The Labute approximate surface area is 159 Å². The van der Waals surface area contributed by atoms with Crippen LogP contribution in [0.3, 0.4) is 0 Å². The first-order valence-electron chi connectivity index (χ1n) is 9.15. The highest BCUT2D eigenvalue weighted by Gasteiger charge is 2.57. The summed E-state index contributed by atoms with van der Waals surface area (Å²) in [6, 6.07) is 15.8. The van der Waals surface area contributed by atoms with Crippen LogP contribution in [0.4, 0.5) is 0 Å². The second kappa shape index (κ2) is 6.69. The molecule has 1 aliphatic carbocycles. The first kappa shape index (κ1) is 17.5. The topological polar surface area (TPSA) is 72.4 Å². The van der Waals surface area contributed by atoms with Crippen molar-refractivity contribution in [1.82, 2.24) is 4.90 Å². The van der Waals surface area contributed by atoms with E-state index in [9.17, 15) is 4.79 Å². The molecule has 4 N–H and O–H groups in total. The number of hydrogen-bond acceptors (Lipinski definition) is 3. The number of nitrogens with zero attached hydrogens (tertiary/aromatic N) is 1. The van der Waals surface area contributed by atoms with Crippen molar-refractivity contribution < 1.29 is 4.79 Å². The van der Waals surface area contributed by atoms with Gasteiger partial charge in [0.25, 0.3) is 0 Å². The van der Waals surface area contributed by atoms with Gasteiger partial charge in [0.2, 0.25) is 5.91 Å². The van der Waals surface area contributed by atoms with Crippen molar-refractivity contribution >= 4 is 17.5 Å². The predicted molar refractivity (Wildman–Crippen MR) is 104 cm³/mol. The highest BCUT2D eigenvalue weighted by molar-refractivity contribution is 6.30. The number of rotatable bonds is 4. The van der Waals surface area contributed by atoms with Crippen LogP contribution in [-0.2, 0) is 17.8 Å². The largest absolute Gasteiger partial charge is 0.368 e. The summed E-state index contributed by atoms with van der Waals surface area (Å²) < 4.78 is 0. The second-order valence-electron chi connectivity index (χ2n) is 7.45. The van der Waals surface area contributed by atoms with Crippen molar-refractivity contribution in [2.24, 2.45) is 17.4 Å². The molecule has 0 radical (unpaired) electrons. The third-order valence-electron chi connectivity index (χ3n) is 6.24. The van der Waals surface area contributed by atoms with Gasteiger partial charge >= 0.3 is 0 Å². The van der Waals surface area contributed by atoms with E-state index in [2.05, 4.69) is 29.2 Å². The van der Waals surface area contributed by atoms with Gasteiger partial charge in [-0.2, -0.15) is 0 Å². The molecule has 136 valence electrons. The number of carbonyl (C=O) groups excluding carboxylic acids is 1. The van der Waals surface area contributed by atoms with Crippen LogP contribution >= 0.6 is 11.6 Å². The number of fused-ring (bicyclic) bond motifs is 1. The van der Waals surface area contributed by atoms with Crippen LogP contribution in [0.5, 0.6) is 0 Å². The fourth-order valence-electron chi connectivity index (χ4n) is 4.70. The van der Waals surface area contributed by atoms with Gasteiger partial charge in [-0.1, -0.05) is 48.0 Å². The summed E-state index contributed by atoms with van der Waals surface area (Å²) in [4.78, 5) is 14.9. The molecule has 2 aromatic rings. The first-order valence-corrected chi connectivity index (χ1v) is 9.53. The summed E-state index contributed by atoms with van der Waals surface area (Å²) in [5, 5.41) is 0.661. The Hall–Kier alpha value is -1.88. The van der Waals surface area contributed by atoms with Gasteiger partial charge in [-0.05, 0) is 48.1 Å². The van der Waals surface area contributed by atoms with Gasteiger partial charge in [-0.3, -0.25) is 9.69 Å². The molecule has 4 nitrogen and oxygen atoms in total. The van der Waals surface area contributed by atoms with Gasteiger partial charge in [0.15, 0.2) is 0 Å². The van der Waals surface area contributed by atoms with Gasteiger partial charge in [-0.15, -0.1) is 0 Å². The van der Waals surface area contributed by atoms with Crippen LogP contribution in [0.15, 0.2) is 48.5 Å². The molecule has 1 fully saturated rings. The molecule has 1 heterocycles. The van der Waals surface area contributed by atoms with Gasteiger partial charge in [0.1, 0.15) is 5.54 Å². The lowest BCUT2D eigenvalue weighted by atomic mass is 9.60. The van der Waals surface area contributed by atoms with E-state index >= 15 is 0 Å². The van der Waals surface area contributed by atoms with Gasteiger partial charge in [0.05, 0.1) is 0 Å². The molecule has 26 heavy (non-hydrogen) atoms. The zero-order valence-electron chi connectivity index (χ0n) is 14.7. The van der Waals surface area contributed by atoms with Crippen LogP contribution in [0.2, 0.25) is 5.02 Å². The Morgan fingerprint density at radius 1 is 1.19 bits per heavy atom. The molecule has 2 aromatic carbocycles. The van der Waals surface area contributed by atoms with E-state index in [1.807, 2.05) is 24.3 Å². The zero-order chi connectivity index (χ0) is 18.3. The van der Waals surface area contributed by atoms with Crippen LogP contribution < -0.4 is 11.5 Å². The molecule has 3 unspecified atom stereocenters. The fourth-order valence-corrected chi connectivity index (χ4v) is 4.90. The molecule has 3 atom stereocenters. The molecule has 0 saturated heterocycles. The van der Waals surface area contributed by atoms with E-state index in [1.54, 1.807) is 0 Å². The number of nitrogens with two attached hydrogens (primary N) is 2. The third-order valence-corrected chi connectivity index (χ3v) is 6.47. The Bertz CT molecular complexity index is 840. The van der Waals surface area contributed by atoms with Crippen LogP contribution in [0, 0.1) is 5.92 Å². The Morgan fingerprint density at radius 2 is 1.96 bits per heavy atom. The van der Waals surface area contributed by atoms with Crippen molar-refractivity contribution in [3.63, 3.8) is 0 Å². The molecule has 1 amide bonds. The van der Waals surface area contributed by atoms with Crippen LogP contribution in [-0.4, -0.2) is 22.9 Å². The summed E-state index contributed by atoms with van der Waals surface area (Å²) in [5.74, 6) is -0.255. The quantitative estimate of drug-likeness (QED) is 0.870. The van der Waals surface area contributed by atoms with E-state index in [1.165, 1.54) is 11.1 Å². The molecule has 1 saturated carbocycles. The van der Waals surface area contributed by atoms with Crippen LogP contribution in [0.25, 0.3) is 0 Å². The Balaban J connectivity index is 1.64. The highest BCUT2D eigenvalue weighted by Crippen LogP contribution is 2.50. The SMILES string of the molecule is NC(=O)C1(N2CCc3ccccc3C2)CCC1C(N)c1cccc(Cl)c1. The lowest BCUT2D eigenvalue weighted by Gasteiger charge is -2.56. The number of amides is 1. The monoisotopic (exact) mass is 369 g/mol. The standard InChI is InChI=1S/C21H24ClN3O/c22-17-7-3-6-15(12-17)19(23)18-8-10-21(18,20(24)26)25-11-9-14-4-1-2-5-16(14)13-25/h1-7,12,18-19H,8-11,13,23H2,(H2,24,26). The number of primary amides is 1. The molecule has 1 aliphatic heterocycles. The summed E-state index contributed by atoms with van der Waals surface area (Å²) in [5.41, 5.74) is 15.5. The molecule has 0 aromatic heterocycles. The van der Waals surface area contributed by atoms with Crippen molar-refractivity contribution in [3.05, 3.63) is 70.2 Å². The Kier molecular flexibility index (Phi) is 4.51. The number of halogens is 1. The molecule has 4 rings (SSSR count). The number of benzene rings is 2. The maximum atomic E-state index is 12.6. The predicted octanol–water partition coefficient (Wildman–Crippen LogP) is 3.03. The van der Waals surface area contributed by atoms with Crippen LogP contribution in [0.1, 0.15) is 35.6 Å². The normalized spacial score (nSPS) is 26.6. The molecule has 2 aliphatic rings. The summed E-state index contributed by atoms with van der Waals surface area (Å²) >= 11 is 6.14. The average Bonchev–Trinajstić information content (AvgIpc) is 2.61. The molecule has 0 bridgehead atoms. The molecule has 0 spiro atoms. The zero-order valence-corrected chi connectivity index (χ0v) is 15.5. The van der Waals surface area contributed by atoms with Gasteiger partial charge < -0.3 is 11.5 Å². The molecular formula is C21H24ClN3O. The average molecular weight is 370 g/mol. The third kappa shape index (κ3) is 2.73. The summed E-state index contributed by atoms with van der Waals surface area (Å²) in [6.07, 6.45) is 2.60. The second-order valence-corrected chi connectivity index (χ2v) is 7.89. The molecular weight excluding hydrogens is 346 g/mol. The van der Waals surface area contributed by atoms with Crippen molar-refractivity contribution in [3.8, 4) is 0 Å². The number of carbonyl (C=O) groups is 1. The van der Waals surface area contributed by atoms with Crippen molar-refractivity contribution in [2.45, 2.75) is 37.4 Å². The number of hydrogen-bond donors (Lipinski definition) is 2. The van der Waals surface area contributed by atoms with E-state index in [4.69, 9.17) is 23.1 Å². The highest BCUT2D eigenvalue weighted by atomic mass is 35.5. The minimum Gasteiger partial charge on any atom is -0.368 e. The maximum absolute atomic E-state index is 12.6. The lowest BCUT2D eigenvalue weighted by Crippen LogP contribution is -2.69. The fraction of sp³-hybridized carbons (Fsp3) is 0.381. The van der Waals surface area contributed by atoms with Crippen molar-refractivity contribution in [2.75, 3.05) is 6.54 Å². The Morgan fingerprint density at radius 3 is 2.62 bits per heavy atom.